The first kappa shape index (κ1) is 37.7. The molecular formula is C26H38Br4N6S2. The number of rotatable bonds is 10. The van der Waals surface area contributed by atoms with Crippen LogP contribution in [0.25, 0.3) is 30.8 Å². The first-order valence-corrected chi connectivity index (χ1v) is 13.6. The van der Waals surface area contributed by atoms with Crippen LogP contribution < -0.4 is 77.1 Å². The Hall–Kier alpha value is -0.340. The molecular weight excluding hydrogens is 780 g/mol. The summed E-state index contributed by atoms with van der Waals surface area (Å²) in [5.74, 6) is 0. The number of aromatic nitrogens is 4. The molecule has 0 saturated carbocycles. The summed E-state index contributed by atoms with van der Waals surface area (Å²) in [6.45, 7) is 4.42. The zero-order valence-electron chi connectivity index (χ0n) is 22.9. The number of pyridine rings is 2. The van der Waals surface area contributed by atoms with Crippen molar-refractivity contribution in [2.75, 3.05) is 55.4 Å². The summed E-state index contributed by atoms with van der Waals surface area (Å²) in [5.41, 5.74) is 2.32. The number of aryl methyl sites for hydroxylation is 2. The minimum Gasteiger partial charge on any atom is -1.00 e. The van der Waals surface area contributed by atoms with Crippen LogP contribution >= 0.6 is 22.7 Å². The van der Waals surface area contributed by atoms with Gasteiger partial charge in [-0.1, -0.05) is 22.7 Å². The highest BCUT2D eigenvalue weighted by Crippen LogP contribution is 2.36. The molecule has 0 atom stereocenters. The molecule has 4 aromatic rings. The van der Waals surface area contributed by atoms with E-state index in [1.54, 1.807) is 22.7 Å². The monoisotopic (exact) mass is 814 g/mol. The molecule has 6 nitrogen and oxygen atoms in total. The SMILES string of the molecule is C[N+](C)(C)CCC[n+]1ccc(-c2nc3sc(-c4cc[n+](CCC[N+](C)(C)C)cc4)nc3s2)cc1.[Br-].[Br-].[Br-].[Br-]. The summed E-state index contributed by atoms with van der Waals surface area (Å²) in [6, 6.07) is 8.68. The molecule has 0 aromatic carbocycles. The summed E-state index contributed by atoms with van der Waals surface area (Å²) in [4.78, 5) is 11.8. The van der Waals surface area contributed by atoms with Gasteiger partial charge in [0.1, 0.15) is 10.0 Å². The van der Waals surface area contributed by atoms with Crippen LogP contribution in [0.15, 0.2) is 49.1 Å². The van der Waals surface area contributed by atoms with Gasteiger partial charge in [0.15, 0.2) is 47.5 Å². The van der Waals surface area contributed by atoms with Gasteiger partial charge in [0.2, 0.25) is 0 Å². The first-order chi connectivity index (χ1) is 16.1. The second kappa shape index (κ2) is 16.2. The van der Waals surface area contributed by atoms with Gasteiger partial charge in [-0.05, 0) is 0 Å². The zero-order valence-corrected chi connectivity index (χ0v) is 30.9. The van der Waals surface area contributed by atoms with Crippen LogP contribution in [0.5, 0.6) is 0 Å². The van der Waals surface area contributed by atoms with Crippen molar-refractivity contribution in [1.29, 1.82) is 0 Å². The molecule has 0 unspecified atom stereocenters. The quantitative estimate of drug-likeness (QED) is 0.118. The number of nitrogens with zero attached hydrogens (tertiary/aromatic N) is 6. The first-order valence-electron chi connectivity index (χ1n) is 11.9. The molecule has 0 bridgehead atoms. The lowest BCUT2D eigenvalue weighted by Gasteiger charge is -2.22. The summed E-state index contributed by atoms with van der Waals surface area (Å²) < 4.78 is 6.53. The van der Waals surface area contributed by atoms with Crippen LogP contribution in [-0.4, -0.2) is 74.3 Å². The Morgan fingerprint density at radius 1 is 0.579 bits per heavy atom. The highest BCUT2D eigenvalue weighted by molar-refractivity contribution is 7.29. The maximum atomic E-state index is 4.89. The molecule has 38 heavy (non-hydrogen) atoms. The van der Waals surface area contributed by atoms with E-state index in [4.69, 9.17) is 9.97 Å². The fourth-order valence-electron chi connectivity index (χ4n) is 3.84. The van der Waals surface area contributed by atoms with Crippen molar-refractivity contribution in [2.24, 2.45) is 0 Å². The average Bonchev–Trinajstić information content (AvgIpc) is 3.32. The Balaban J connectivity index is 0.00000342. The van der Waals surface area contributed by atoms with Crippen molar-refractivity contribution in [3.8, 4) is 21.1 Å². The standard InChI is InChI=1S/C26H38N6S2.4BrH/c1-31(2,3)19-7-13-29-15-9-21(10-16-29)23-27-25-26(33-23)28-24(34-25)22-11-17-30(18-12-22)14-8-20-32(4,5)6;;;;/h9-12,15-18H,7-8,13-14,19-20H2,1-6H3;4*1H/q+4;;;;/p-4. The summed E-state index contributed by atoms with van der Waals surface area (Å²) in [7, 11) is 13.4. The van der Waals surface area contributed by atoms with E-state index in [1.807, 2.05) is 0 Å². The van der Waals surface area contributed by atoms with E-state index in [0.29, 0.717) is 0 Å². The number of halogens is 4. The molecule has 0 spiro atoms. The van der Waals surface area contributed by atoms with Crippen LogP contribution in [0.2, 0.25) is 0 Å². The van der Waals surface area contributed by atoms with E-state index in [2.05, 4.69) is 100 Å². The van der Waals surface area contributed by atoms with Gasteiger partial charge in [0, 0.05) is 35.4 Å². The molecule has 4 aromatic heterocycles. The molecule has 0 fully saturated rings. The predicted octanol–water partition coefficient (Wildman–Crippen LogP) is -8.13. The molecule has 0 saturated heterocycles. The van der Waals surface area contributed by atoms with Gasteiger partial charge in [-0.3, -0.25) is 0 Å². The molecule has 212 valence electrons. The maximum Gasteiger partial charge on any atom is 0.169 e. The van der Waals surface area contributed by atoms with Crippen LogP contribution in [0.3, 0.4) is 0 Å². The Morgan fingerprint density at radius 3 is 1.18 bits per heavy atom. The van der Waals surface area contributed by atoms with Crippen molar-refractivity contribution < 1.29 is 86.0 Å². The molecule has 0 radical (unpaired) electrons. The van der Waals surface area contributed by atoms with E-state index in [0.717, 1.165) is 52.9 Å². The minimum absolute atomic E-state index is 0. The molecule has 4 rings (SSSR count). The third-order valence-electron chi connectivity index (χ3n) is 5.74. The van der Waals surface area contributed by atoms with Crippen LogP contribution in [0, 0.1) is 0 Å². The van der Waals surface area contributed by atoms with Gasteiger partial charge >= 0.3 is 0 Å². The Labute approximate surface area is 277 Å². The summed E-state index contributed by atoms with van der Waals surface area (Å²) in [6.07, 6.45) is 11.0. The zero-order chi connectivity index (χ0) is 24.3. The smallest absolute Gasteiger partial charge is 0.169 e. The topological polar surface area (TPSA) is 33.5 Å². The third-order valence-corrected chi connectivity index (χ3v) is 7.87. The number of quaternary nitrogens is 2. The van der Waals surface area contributed by atoms with Gasteiger partial charge < -0.3 is 76.9 Å². The normalized spacial score (nSPS) is 11.2. The molecule has 4 heterocycles. The predicted molar refractivity (Wildman–Crippen MR) is 142 cm³/mol. The number of fused-ring (bicyclic) bond motifs is 1. The van der Waals surface area contributed by atoms with Crippen molar-refractivity contribution >= 4 is 32.3 Å². The van der Waals surface area contributed by atoms with Crippen molar-refractivity contribution in [3.63, 3.8) is 0 Å². The van der Waals surface area contributed by atoms with Crippen molar-refractivity contribution in [3.05, 3.63) is 49.1 Å². The third kappa shape index (κ3) is 11.3. The van der Waals surface area contributed by atoms with Crippen LogP contribution in [-0.2, 0) is 13.1 Å². The van der Waals surface area contributed by atoms with Gasteiger partial charge in [0.05, 0.1) is 68.2 Å². The molecule has 0 N–H and O–H groups in total. The van der Waals surface area contributed by atoms with E-state index in [-0.39, 0.29) is 67.9 Å². The Morgan fingerprint density at radius 2 is 0.895 bits per heavy atom. The fraction of sp³-hybridized carbons (Fsp3) is 0.462. The highest BCUT2D eigenvalue weighted by atomic mass is 79.9. The summed E-state index contributed by atoms with van der Waals surface area (Å²) >= 11 is 3.36. The second-order valence-corrected chi connectivity index (χ2v) is 13.0. The Kier molecular flexibility index (Phi) is 16.0. The number of hydrogen-bond acceptors (Lipinski definition) is 4. The van der Waals surface area contributed by atoms with Gasteiger partial charge in [-0.2, -0.15) is 0 Å². The average molecular weight is 818 g/mol. The van der Waals surface area contributed by atoms with E-state index in [1.165, 1.54) is 25.9 Å². The molecule has 0 aliphatic heterocycles. The molecule has 12 heteroatoms. The lowest BCUT2D eigenvalue weighted by Crippen LogP contribution is -3.00. The van der Waals surface area contributed by atoms with E-state index < -0.39 is 0 Å². The Bertz CT molecular complexity index is 1110. The van der Waals surface area contributed by atoms with Crippen LogP contribution in [0.4, 0.5) is 0 Å². The summed E-state index contributed by atoms with van der Waals surface area (Å²) in [5, 5.41) is 2.09. The maximum absolute atomic E-state index is 4.89. The molecule has 0 aliphatic rings. The van der Waals surface area contributed by atoms with E-state index >= 15 is 0 Å². The highest BCUT2D eigenvalue weighted by Gasteiger charge is 2.16. The van der Waals surface area contributed by atoms with E-state index in [9.17, 15) is 0 Å². The van der Waals surface area contributed by atoms with Crippen molar-refractivity contribution in [1.82, 2.24) is 9.97 Å². The van der Waals surface area contributed by atoms with Gasteiger partial charge in [-0.25, -0.2) is 19.1 Å². The molecule has 0 amide bonds. The van der Waals surface area contributed by atoms with Crippen LogP contribution in [0.1, 0.15) is 12.8 Å². The van der Waals surface area contributed by atoms with Gasteiger partial charge in [-0.15, -0.1) is 0 Å². The second-order valence-electron chi connectivity index (χ2n) is 11.0. The minimum atomic E-state index is 0. The number of hydrogen-bond donors (Lipinski definition) is 0. The lowest BCUT2D eigenvalue weighted by molar-refractivity contribution is -0.873. The number of thiazole rings is 2. The fourth-order valence-corrected chi connectivity index (χ4v) is 5.90. The molecule has 0 aliphatic carbocycles. The van der Waals surface area contributed by atoms with Crippen molar-refractivity contribution in [2.45, 2.75) is 25.9 Å². The van der Waals surface area contributed by atoms with Gasteiger partial charge in [0.25, 0.3) is 0 Å². The lowest BCUT2D eigenvalue weighted by atomic mass is 10.3. The largest absolute Gasteiger partial charge is 1.00 e.